The van der Waals surface area contributed by atoms with Gasteiger partial charge in [0.05, 0.1) is 6.61 Å². The number of aliphatic hydroxyl groups is 1. The van der Waals surface area contributed by atoms with Crippen LogP contribution in [0.5, 0.6) is 0 Å². The van der Waals surface area contributed by atoms with E-state index < -0.39 is 0 Å². The summed E-state index contributed by atoms with van der Waals surface area (Å²) >= 11 is 1.27. The topological polar surface area (TPSA) is 57.6 Å². The molecule has 1 aliphatic rings. The Hall–Kier alpha value is -1.33. The van der Waals surface area contributed by atoms with Crippen LogP contribution in [0, 0.1) is 5.92 Å². The molecule has 1 aliphatic heterocycles. The van der Waals surface area contributed by atoms with Crippen LogP contribution in [0.4, 0.5) is 5.69 Å². The van der Waals surface area contributed by atoms with Crippen molar-refractivity contribution in [1.82, 2.24) is 0 Å². The lowest BCUT2D eigenvalue weighted by Gasteiger charge is -2.19. The highest BCUT2D eigenvalue weighted by Gasteiger charge is 2.31. The Morgan fingerprint density at radius 2 is 2.21 bits per heavy atom. The highest BCUT2D eigenvalue weighted by atomic mass is 32.2. The van der Waals surface area contributed by atoms with Crippen LogP contribution >= 0.6 is 11.8 Å². The summed E-state index contributed by atoms with van der Waals surface area (Å²) in [7, 11) is 0. The Bertz CT molecular complexity index is 489. The van der Waals surface area contributed by atoms with Crippen LogP contribution in [0.25, 0.3) is 0 Å². The molecule has 4 nitrogen and oxygen atoms in total. The first-order chi connectivity index (χ1) is 9.11. The van der Waals surface area contributed by atoms with Gasteiger partial charge in [0.25, 0.3) is 0 Å². The van der Waals surface area contributed by atoms with E-state index in [1.54, 1.807) is 11.8 Å². The summed E-state index contributed by atoms with van der Waals surface area (Å²) in [5, 5.41) is 9.41. The minimum atomic E-state index is -0.0766. The fourth-order valence-electron chi connectivity index (χ4n) is 2.27. The van der Waals surface area contributed by atoms with E-state index in [2.05, 4.69) is 0 Å². The molecule has 1 atom stereocenters. The zero-order valence-corrected chi connectivity index (χ0v) is 11.7. The molecule has 1 amide bonds. The minimum absolute atomic E-state index is 0.0649. The second kappa shape index (κ2) is 6.21. The fraction of sp³-hybridized carbons (Fsp3) is 0.429. The lowest BCUT2D eigenvalue weighted by Crippen LogP contribution is -2.25. The highest BCUT2D eigenvalue weighted by Crippen LogP contribution is 2.29. The zero-order chi connectivity index (χ0) is 13.8. The smallest absolute Gasteiger partial charge is 0.227 e. The number of thioether (sulfide) groups is 1. The molecule has 1 saturated heterocycles. The maximum Gasteiger partial charge on any atom is 0.227 e. The van der Waals surface area contributed by atoms with Crippen molar-refractivity contribution in [2.45, 2.75) is 20.0 Å². The third-order valence-corrected chi connectivity index (χ3v) is 4.22. The third-order valence-electron chi connectivity index (χ3n) is 3.18. The van der Waals surface area contributed by atoms with Crippen molar-refractivity contribution >= 4 is 28.5 Å². The van der Waals surface area contributed by atoms with E-state index in [1.807, 2.05) is 24.3 Å². The number of carbonyl (C=O) groups excluding carboxylic acids is 2. The van der Waals surface area contributed by atoms with Gasteiger partial charge in [0.15, 0.2) is 5.12 Å². The molecule has 1 unspecified atom stereocenters. The van der Waals surface area contributed by atoms with Crippen molar-refractivity contribution < 1.29 is 14.7 Å². The summed E-state index contributed by atoms with van der Waals surface area (Å²) in [6.45, 7) is 2.09. The van der Waals surface area contributed by atoms with Crippen molar-refractivity contribution in [3.63, 3.8) is 0 Å². The predicted octanol–water partition coefficient (Wildman–Crippen LogP) is 1.81. The average Bonchev–Trinajstić information content (AvgIpc) is 2.77. The second-order valence-corrected chi connectivity index (χ2v) is 5.86. The maximum atomic E-state index is 12.0. The molecule has 0 saturated carbocycles. The molecule has 0 aromatic heterocycles. The number of benzene rings is 1. The molecular formula is C14H17NO3S. The van der Waals surface area contributed by atoms with Gasteiger partial charge in [-0.2, -0.15) is 0 Å². The van der Waals surface area contributed by atoms with Gasteiger partial charge in [0.2, 0.25) is 5.91 Å². The number of amides is 1. The van der Waals surface area contributed by atoms with Gasteiger partial charge in [0, 0.05) is 36.9 Å². The molecule has 0 spiro atoms. The van der Waals surface area contributed by atoms with E-state index in [1.165, 1.54) is 11.8 Å². The number of nitrogens with zero attached hydrogens (tertiary/aromatic N) is 1. The number of anilines is 1. The van der Waals surface area contributed by atoms with Gasteiger partial charge in [-0.1, -0.05) is 30.0 Å². The second-order valence-electron chi connectivity index (χ2n) is 4.66. The standard InChI is InChI=1S/C14H17NO3S/c1-10(17)19-9-11-6-14(18)15(7-11)13-5-3-2-4-12(13)8-16/h2-5,11,16H,6-9H2,1H3. The predicted molar refractivity (Wildman–Crippen MR) is 76.0 cm³/mol. The van der Waals surface area contributed by atoms with Crippen LogP contribution in [-0.2, 0) is 16.2 Å². The summed E-state index contributed by atoms with van der Waals surface area (Å²) in [5.41, 5.74) is 1.54. The molecule has 1 heterocycles. The molecular weight excluding hydrogens is 262 g/mol. The zero-order valence-electron chi connectivity index (χ0n) is 10.8. The Kier molecular flexibility index (Phi) is 4.61. The van der Waals surface area contributed by atoms with Gasteiger partial charge < -0.3 is 10.0 Å². The first-order valence-electron chi connectivity index (χ1n) is 6.24. The molecule has 1 N–H and O–H groups in total. The highest BCUT2D eigenvalue weighted by molar-refractivity contribution is 8.13. The largest absolute Gasteiger partial charge is 0.392 e. The molecule has 1 fully saturated rings. The lowest BCUT2D eigenvalue weighted by atomic mass is 10.1. The molecule has 0 radical (unpaired) electrons. The van der Waals surface area contributed by atoms with Crippen LogP contribution in [0.15, 0.2) is 24.3 Å². The van der Waals surface area contributed by atoms with E-state index in [-0.39, 0.29) is 23.5 Å². The quantitative estimate of drug-likeness (QED) is 0.913. The van der Waals surface area contributed by atoms with Crippen molar-refractivity contribution in [3.8, 4) is 0 Å². The van der Waals surface area contributed by atoms with Crippen molar-refractivity contribution in [2.75, 3.05) is 17.2 Å². The van der Waals surface area contributed by atoms with Gasteiger partial charge in [0.1, 0.15) is 0 Å². The number of para-hydroxylation sites is 1. The van der Waals surface area contributed by atoms with Crippen molar-refractivity contribution in [3.05, 3.63) is 29.8 Å². The van der Waals surface area contributed by atoms with Crippen LogP contribution in [0.1, 0.15) is 18.9 Å². The molecule has 1 aromatic rings. The number of rotatable bonds is 4. The van der Waals surface area contributed by atoms with Crippen LogP contribution in [0.2, 0.25) is 0 Å². The Labute approximate surface area is 116 Å². The molecule has 102 valence electrons. The summed E-state index contributed by atoms with van der Waals surface area (Å²) in [6, 6.07) is 7.38. The molecule has 2 rings (SSSR count). The lowest BCUT2D eigenvalue weighted by molar-refractivity contribution is -0.117. The SMILES string of the molecule is CC(=O)SCC1CC(=O)N(c2ccccc2CO)C1. The van der Waals surface area contributed by atoms with Gasteiger partial charge in [-0.25, -0.2) is 0 Å². The fourth-order valence-corrected chi connectivity index (χ4v) is 2.96. The Balaban J connectivity index is 2.09. The molecule has 0 bridgehead atoms. The van der Waals surface area contributed by atoms with E-state index in [4.69, 9.17) is 0 Å². The third kappa shape index (κ3) is 3.36. The number of hydrogen-bond acceptors (Lipinski definition) is 4. The van der Waals surface area contributed by atoms with Gasteiger partial charge in [-0.15, -0.1) is 0 Å². The van der Waals surface area contributed by atoms with E-state index in [9.17, 15) is 14.7 Å². The van der Waals surface area contributed by atoms with Crippen LogP contribution in [-0.4, -0.2) is 28.4 Å². The Morgan fingerprint density at radius 3 is 2.89 bits per heavy atom. The maximum absolute atomic E-state index is 12.0. The van der Waals surface area contributed by atoms with Crippen molar-refractivity contribution in [1.29, 1.82) is 0 Å². The molecule has 19 heavy (non-hydrogen) atoms. The van der Waals surface area contributed by atoms with Gasteiger partial charge in [-0.3, -0.25) is 9.59 Å². The molecule has 0 aliphatic carbocycles. The van der Waals surface area contributed by atoms with Crippen molar-refractivity contribution in [2.24, 2.45) is 5.92 Å². The van der Waals surface area contributed by atoms with Crippen LogP contribution in [0.3, 0.4) is 0 Å². The minimum Gasteiger partial charge on any atom is -0.392 e. The molecule has 1 aromatic carbocycles. The van der Waals surface area contributed by atoms with Gasteiger partial charge >= 0.3 is 0 Å². The Morgan fingerprint density at radius 1 is 1.47 bits per heavy atom. The van der Waals surface area contributed by atoms with E-state index in [0.717, 1.165) is 11.3 Å². The van der Waals surface area contributed by atoms with E-state index >= 15 is 0 Å². The summed E-state index contributed by atoms with van der Waals surface area (Å²) in [4.78, 5) is 24.7. The number of aliphatic hydroxyl groups excluding tert-OH is 1. The first kappa shape index (κ1) is 14.1. The summed E-state index contributed by atoms with van der Waals surface area (Å²) < 4.78 is 0. The number of carbonyl (C=O) groups is 2. The summed E-state index contributed by atoms with van der Waals surface area (Å²) in [6.07, 6.45) is 0.472. The number of hydrogen-bond donors (Lipinski definition) is 1. The first-order valence-corrected chi connectivity index (χ1v) is 7.23. The summed E-state index contributed by atoms with van der Waals surface area (Å²) in [5.74, 6) is 0.946. The monoisotopic (exact) mass is 279 g/mol. The molecule has 5 heteroatoms. The average molecular weight is 279 g/mol. The van der Waals surface area contributed by atoms with Gasteiger partial charge in [-0.05, 0) is 12.0 Å². The van der Waals surface area contributed by atoms with E-state index in [0.29, 0.717) is 18.7 Å². The normalized spacial score (nSPS) is 18.9. The van der Waals surface area contributed by atoms with Crippen LogP contribution < -0.4 is 4.90 Å².